The van der Waals surface area contributed by atoms with Crippen molar-refractivity contribution < 1.29 is 54.0 Å². The number of rotatable bonds is 14. The van der Waals surface area contributed by atoms with E-state index in [1.165, 1.54) is 83.0 Å². The van der Waals surface area contributed by atoms with Gasteiger partial charge in [-0.1, -0.05) is 29.8 Å². The summed E-state index contributed by atoms with van der Waals surface area (Å²) in [5, 5.41) is 1.52. The third kappa shape index (κ3) is 10.6. The van der Waals surface area contributed by atoms with E-state index in [4.69, 9.17) is 40.0 Å². The minimum absolute atomic E-state index is 0.0508. The molecule has 0 aliphatic carbocycles. The second-order valence-corrected chi connectivity index (χ2v) is 17.8. The highest BCUT2D eigenvalue weighted by atomic mass is 35.5. The number of anilines is 2. The third-order valence-electron chi connectivity index (χ3n) is 9.65. The van der Waals surface area contributed by atoms with E-state index in [1.807, 2.05) is 0 Å². The van der Waals surface area contributed by atoms with Crippen molar-refractivity contribution in [2.24, 2.45) is 0 Å². The maximum Gasteiger partial charge on any atom is 0.262 e. The molecule has 0 radical (unpaired) electrons. The Morgan fingerprint density at radius 2 is 0.924 bits per heavy atom. The maximum atomic E-state index is 14.8. The summed E-state index contributed by atoms with van der Waals surface area (Å²) in [6, 6.07) is 29.9. The lowest BCUT2D eigenvalue weighted by Gasteiger charge is -2.13. The molecule has 0 aliphatic heterocycles. The summed E-state index contributed by atoms with van der Waals surface area (Å²) in [6.07, 6.45) is 3.11. The molecule has 0 saturated carbocycles. The fourth-order valence-corrected chi connectivity index (χ4v) is 8.97. The Bertz CT molecular complexity index is 3110. The Hall–Kier alpha value is -7.41. The third-order valence-corrected chi connectivity index (χ3v) is 12.6. The second kappa shape index (κ2) is 19.8. The van der Waals surface area contributed by atoms with Gasteiger partial charge in [0, 0.05) is 52.5 Å². The summed E-state index contributed by atoms with van der Waals surface area (Å²) in [6.45, 7) is 1.78. The van der Waals surface area contributed by atoms with E-state index in [-0.39, 0.29) is 37.7 Å². The summed E-state index contributed by atoms with van der Waals surface area (Å²) in [7, 11) is -1.88. The lowest BCUT2D eigenvalue weighted by atomic mass is 10.2. The van der Waals surface area contributed by atoms with E-state index in [2.05, 4.69) is 19.4 Å². The Morgan fingerprint density at radius 1 is 0.500 bits per heavy atom. The van der Waals surface area contributed by atoms with Crippen molar-refractivity contribution in [1.82, 2.24) is 9.97 Å². The van der Waals surface area contributed by atoms with Crippen LogP contribution in [0.4, 0.5) is 20.2 Å². The van der Waals surface area contributed by atoms with Gasteiger partial charge in [-0.2, -0.15) is 0 Å². The average molecular weight is 957 g/mol. The van der Waals surface area contributed by atoms with Gasteiger partial charge in [-0.05, 0) is 91.3 Å². The fraction of sp³-hybridized carbons (Fsp3) is 0.106. The summed E-state index contributed by atoms with van der Waals surface area (Å²) in [5.41, 5.74) is 1.56. The van der Waals surface area contributed by atoms with Crippen molar-refractivity contribution >= 4 is 64.8 Å². The summed E-state index contributed by atoms with van der Waals surface area (Å²) < 4.78 is 117. The first-order valence-corrected chi connectivity index (χ1v) is 22.8. The van der Waals surface area contributed by atoms with Gasteiger partial charge in [-0.15, -0.1) is 0 Å². The van der Waals surface area contributed by atoms with Crippen LogP contribution in [-0.2, 0) is 20.0 Å². The summed E-state index contributed by atoms with van der Waals surface area (Å²) in [4.78, 5) is 8.58. The first-order valence-electron chi connectivity index (χ1n) is 19.5. The van der Waals surface area contributed by atoms with Gasteiger partial charge in [0.1, 0.15) is 23.0 Å². The molecular formula is C47H39ClF2N4O10S2. The zero-order chi connectivity index (χ0) is 47.2. The fourth-order valence-electron chi connectivity index (χ4n) is 6.44. The number of ether oxygens (including phenoxy) is 6. The molecule has 14 nitrogen and oxygen atoms in total. The molecule has 2 aromatic heterocycles. The van der Waals surface area contributed by atoms with E-state index in [0.717, 1.165) is 17.7 Å². The van der Waals surface area contributed by atoms with Gasteiger partial charge in [0.05, 0.1) is 60.6 Å². The van der Waals surface area contributed by atoms with Crippen LogP contribution < -0.4 is 37.9 Å². The molecule has 0 fully saturated rings. The van der Waals surface area contributed by atoms with Crippen LogP contribution in [0.3, 0.4) is 0 Å². The zero-order valence-corrected chi connectivity index (χ0v) is 38.0. The van der Waals surface area contributed by atoms with Gasteiger partial charge in [0.15, 0.2) is 34.6 Å². The van der Waals surface area contributed by atoms with Gasteiger partial charge < -0.3 is 28.4 Å². The zero-order valence-electron chi connectivity index (χ0n) is 35.6. The first kappa shape index (κ1) is 46.6. The van der Waals surface area contributed by atoms with Crippen molar-refractivity contribution in [1.29, 1.82) is 0 Å². The van der Waals surface area contributed by atoms with Crippen molar-refractivity contribution in [3.8, 4) is 46.0 Å². The predicted octanol–water partition coefficient (Wildman–Crippen LogP) is 10.9. The van der Waals surface area contributed by atoms with E-state index < -0.39 is 31.7 Å². The van der Waals surface area contributed by atoms with Crippen LogP contribution in [0.25, 0.3) is 21.8 Å². The van der Waals surface area contributed by atoms with Gasteiger partial charge in [0.25, 0.3) is 20.0 Å². The highest BCUT2D eigenvalue weighted by molar-refractivity contribution is 7.93. The number of hydrogen-bond donors (Lipinski definition) is 2. The molecule has 6 aromatic carbocycles. The van der Waals surface area contributed by atoms with E-state index in [0.29, 0.717) is 56.3 Å². The van der Waals surface area contributed by atoms with Crippen LogP contribution in [0.15, 0.2) is 144 Å². The minimum Gasteiger partial charge on any atom is -0.493 e. The van der Waals surface area contributed by atoms with Gasteiger partial charge in [-0.25, -0.2) is 25.6 Å². The number of aryl methyl sites for hydroxylation is 1. The van der Waals surface area contributed by atoms with Crippen LogP contribution in [-0.4, -0.2) is 55.2 Å². The predicted molar refractivity (Wildman–Crippen MR) is 247 cm³/mol. The van der Waals surface area contributed by atoms with Crippen molar-refractivity contribution in [2.75, 3.05) is 37.9 Å². The smallest absolute Gasteiger partial charge is 0.262 e. The molecule has 66 heavy (non-hydrogen) atoms. The molecular weight excluding hydrogens is 918 g/mol. The molecule has 8 rings (SSSR count). The van der Waals surface area contributed by atoms with Crippen LogP contribution in [0.2, 0.25) is 5.02 Å². The number of hydrogen-bond acceptors (Lipinski definition) is 12. The number of pyridine rings is 2. The SMILES string of the molecule is COc1cc2nccc(Oc3ccc(NS(=O)(=O)c4cccc(C)c4)c(F)c3)c2cc1OC.COc1cc2nccc(Oc3ccc(NS(=O)(=O)c4cccc(Cl)c4)c(F)c3)c2cc1OC. The van der Waals surface area contributed by atoms with E-state index >= 15 is 0 Å². The van der Waals surface area contributed by atoms with Crippen molar-refractivity contribution in [3.05, 3.63) is 156 Å². The number of nitrogens with zero attached hydrogens (tertiary/aromatic N) is 2. The number of halogens is 3. The van der Waals surface area contributed by atoms with Gasteiger partial charge >= 0.3 is 0 Å². The molecule has 2 N–H and O–H groups in total. The lowest BCUT2D eigenvalue weighted by Crippen LogP contribution is -2.14. The van der Waals surface area contributed by atoms with Crippen LogP contribution in [0.1, 0.15) is 5.56 Å². The van der Waals surface area contributed by atoms with Crippen LogP contribution in [0, 0.1) is 18.6 Å². The quantitative estimate of drug-likeness (QED) is 0.106. The monoisotopic (exact) mass is 956 g/mol. The topological polar surface area (TPSA) is 174 Å². The molecule has 0 amide bonds. The van der Waals surface area contributed by atoms with Crippen LogP contribution >= 0.6 is 11.6 Å². The number of sulfonamides is 2. The normalized spacial score (nSPS) is 11.3. The highest BCUT2D eigenvalue weighted by Crippen LogP contribution is 2.39. The van der Waals surface area contributed by atoms with Crippen molar-refractivity contribution in [2.45, 2.75) is 16.7 Å². The van der Waals surface area contributed by atoms with Gasteiger partial charge in [-0.3, -0.25) is 19.4 Å². The van der Waals surface area contributed by atoms with E-state index in [1.54, 1.807) is 73.9 Å². The highest BCUT2D eigenvalue weighted by Gasteiger charge is 2.20. The number of nitrogens with one attached hydrogen (secondary N) is 2. The number of aromatic nitrogens is 2. The number of fused-ring (bicyclic) bond motifs is 2. The summed E-state index contributed by atoms with van der Waals surface area (Å²) in [5.74, 6) is 1.62. The number of benzene rings is 6. The molecule has 340 valence electrons. The lowest BCUT2D eigenvalue weighted by molar-refractivity contribution is 0.355. The van der Waals surface area contributed by atoms with Crippen LogP contribution in [0.5, 0.6) is 46.0 Å². The number of methoxy groups -OCH3 is 4. The Morgan fingerprint density at radius 3 is 1.33 bits per heavy atom. The molecule has 0 aliphatic rings. The second-order valence-electron chi connectivity index (χ2n) is 14.0. The molecule has 0 bridgehead atoms. The van der Waals surface area contributed by atoms with Crippen molar-refractivity contribution in [3.63, 3.8) is 0 Å². The standard InChI is InChI=1S/C24H21FN2O5S.C23H18ClFN2O5S/c1-15-5-4-6-17(11-15)33(28,29)27-20-8-7-16(12-19(20)25)32-22-9-10-26-21-14-24(31-3)23(30-2)13-18(21)22;1-30-22-12-17-20(13-23(22)31-2)26-9-8-21(17)32-15-6-7-19(18(25)11-15)27-33(28,29)16-5-3-4-14(24)10-16/h4-14,27H,1-3H3;3-13,27H,1-2H3. The largest absolute Gasteiger partial charge is 0.493 e. The maximum absolute atomic E-state index is 14.8. The van der Waals surface area contributed by atoms with E-state index in [9.17, 15) is 25.6 Å². The molecule has 19 heteroatoms. The Balaban J connectivity index is 0.000000196. The Kier molecular flexibility index (Phi) is 14.0. The molecule has 0 unspecified atom stereocenters. The molecule has 2 heterocycles. The molecule has 0 saturated heterocycles. The molecule has 8 aromatic rings. The summed E-state index contributed by atoms with van der Waals surface area (Å²) >= 11 is 5.86. The van der Waals surface area contributed by atoms with Gasteiger partial charge in [0.2, 0.25) is 0 Å². The molecule has 0 atom stereocenters. The Labute approximate surface area is 383 Å². The first-order chi connectivity index (χ1) is 31.6. The average Bonchev–Trinajstić information content (AvgIpc) is 3.30. The minimum atomic E-state index is -4.02. The molecule has 0 spiro atoms.